The predicted octanol–water partition coefficient (Wildman–Crippen LogP) is 8.91. The summed E-state index contributed by atoms with van der Waals surface area (Å²) >= 11 is 0. The molecule has 4 rings (SSSR count). The molecule has 0 atom stereocenters. The van der Waals surface area contributed by atoms with Crippen LogP contribution in [0.4, 0.5) is 17.6 Å². The molecule has 0 aliphatic rings. The zero-order valence-electron chi connectivity index (χ0n) is 29.0. The van der Waals surface area contributed by atoms with Crippen molar-refractivity contribution in [2.24, 2.45) is 0 Å². The summed E-state index contributed by atoms with van der Waals surface area (Å²) in [7, 11) is 0.167. The topological polar surface area (TPSA) is 24.9 Å². The van der Waals surface area contributed by atoms with Gasteiger partial charge in [0.05, 0.1) is 13.2 Å². The Balaban J connectivity index is 0.000000681. The van der Waals surface area contributed by atoms with E-state index in [4.69, 9.17) is 9.47 Å². The number of ether oxygens (including phenoxy) is 2. The zero-order chi connectivity index (χ0) is 34.6. The summed E-state index contributed by atoms with van der Waals surface area (Å²) in [6, 6.07) is 29.6. The fourth-order valence-electron chi connectivity index (χ4n) is 3.95. The summed E-state index contributed by atoms with van der Waals surface area (Å²) in [5.74, 6) is -2.52. The smallest absolute Gasteiger partial charge is 0.383 e. The first-order chi connectivity index (χ1) is 21.7. The number of rotatable bonds is 12. The van der Waals surface area contributed by atoms with Gasteiger partial charge in [-0.2, -0.15) is 48.5 Å². The van der Waals surface area contributed by atoms with Crippen molar-refractivity contribution in [1.82, 2.24) is 9.13 Å². The second kappa shape index (κ2) is 24.1. The molecule has 11 heteroatoms. The molecule has 0 unspecified atom stereocenters. The molecule has 0 heterocycles. The van der Waals surface area contributed by atoms with Gasteiger partial charge in [-0.05, 0) is 13.1 Å². The molecule has 0 N–H and O–H groups in total. The van der Waals surface area contributed by atoms with Crippen LogP contribution in [-0.4, -0.2) is 66.1 Å². The summed E-state index contributed by atoms with van der Waals surface area (Å²) in [5, 5.41) is 0. The van der Waals surface area contributed by atoms with E-state index in [0.717, 1.165) is 13.1 Å². The summed E-state index contributed by atoms with van der Waals surface area (Å²) in [6.45, 7) is 16.8. The van der Waals surface area contributed by atoms with Gasteiger partial charge in [0.2, 0.25) is 0 Å². The van der Waals surface area contributed by atoms with Gasteiger partial charge in [-0.15, -0.1) is 35.4 Å². The molecule has 4 nitrogen and oxygen atoms in total. The molecule has 0 fully saturated rings. The van der Waals surface area contributed by atoms with E-state index in [-0.39, 0.29) is 21.7 Å². The summed E-state index contributed by atoms with van der Waals surface area (Å²) in [4.78, 5) is 0. The number of nitrogens with zero attached hydrogens (tertiary/aromatic N) is 2. The van der Waals surface area contributed by atoms with Crippen LogP contribution >= 0.6 is 0 Å². The van der Waals surface area contributed by atoms with Gasteiger partial charge in [-0.1, -0.05) is 39.3 Å². The molecule has 0 aliphatic heterocycles. The zero-order valence-corrected chi connectivity index (χ0v) is 32.6. The first-order valence-electron chi connectivity index (χ1n) is 15.2. The van der Waals surface area contributed by atoms with Gasteiger partial charge in [-0.25, -0.2) is 41.8 Å². The average molecular weight is 723 g/mol. The van der Waals surface area contributed by atoms with E-state index in [0.29, 0.717) is 37.4 Å². The maximum atomic E-state index is 13.6. The van der Waals surface area contributed by atoms with Crippen molar-refractivity contribution in [3.63, 3.8) is 0 Å². The minimum atomic E-state index is -1.56. The van der Waals surface area contributed by atoms with E-state index < -0.39 is 39.7 Å². The normalized spacial score (nSPS) is 11.0. The molecule has 0 aromatic heterocycles. The number of halogens is 4. The monoisotopic (exact) mass is 722 g/mol. The minimum absolute atomic E-state index is 0. The SMILES string of the molecule is COCCN(Cc1ccc(F)[c-]c1F)[Si](C)(C)C.COCCN(Cc1ccc(F)[c-]c1F)[Si](C)(C)C.[Ti+4].c1cc[cH-]c1.c1cc[cH-]c1. The number of benzene rings is 2. The van der Waals surface area contributed by atoms with Crippen LogP contribution in [0.2, 0.25) is 39.3 Å². The largest absolute Gasteiger partial charge is 4.00 e. The number of hydrogen-bond acceptors (Lipinski definition) is 4. The Hall–Kier alpha value is -2.15. The second-order valence-electron chi connectivity index (χ2n) is 12.4. The predicted molar refractivity (Wildman–Crippen MR) is 186 cm³/mol. The van der Waals surface area contributed by atoms with Crippen molar-refractivity contribution < 1.29 is 48.8 Å². The van der Waals surface area contributed by atoms with Crippen LogP contribution in [0, 0.1) is 35.4 Å². The quantitative estimate of drug-likeness (QED) is 0.0829. The van der Waals surface area contributed by atoms with E-state index in [1.807, 2.05) is 60.7 Å². The maximum absolute atomic E-state index is 13.6. The number of hydrogen-bond donors (Lipinski definition) is 0. The molecule has 4 aromatic rings. The molecule has 0 saturated heterocycles. The van der Waals surface area contributed by atoms with Gasteiger partial charge >= 0.3 is 21.7 Å². The molecular weight excluding hydrogens is 672 g/mol. The van der Waals surface area contributed by atoms with Crippen LogP contribution in [0.5, 0.6) is 0 Å². The third-order valence-corrected chi connectivity index (χ3v) is 11.3. The average Bonchev–Trinajstić information content (AvgIpc) is 3.75. The Morgan fingerprint density at radius 3 is 1.13 bits per heavy atom. The summed E-state index contributed by atoms with van der Waals surface area (Å²) in [6.07, 6.45) is 0. The Morgan fingerprint density at radius 1 is 0.596 bits per heavy atom. The van der Waals surface area contributed by atoms with Crippen LogP contribution in [0.3, 0.4) is 0 Å². The molecule has 0 amide bonds. The summed E-state index contributed by atoms with van der Waals surface area (Å²) < 4.78 is 67.4. The third kappa shape index (κ3) is 20.1. The van der Waals surface area contributed by atoms with E-state index in [1.54, 1.807) is 14.2 Å². The van der Waals surface area contributed by atoms with Crippen LogP contribution < -0.4 is 0 Å². The molecule has 256 valence electrons. The van der Waals surface area contributed by atoms with E-state index in [9.17, 15) is 17.6 Å². The fraction of sp³-hybridized carbons (Fsp3) is 0.389. The van der Waals surface area contributed by atoms with Gasteiger partial charge < -0.3 is 18.6 Å². The molecule has 0 radical (unpaired) electrons. The molecule has 0 bridgehead atoms. The molecular formula is C36H50F4N2O2Si2Ti. The third-order valence-electron chi connectivity index (χ3n) is 6.75. The van der Waals surface area contributed by atoms with Crippen LogP contribution in [0.15, 0.2) is 84.9 Å². The van der Waals surface area contributed by atoms with Crippen molar-refractivity contribution in [1.29, 1.82) is 0 Å². The standard InChI is InChI=1S/2C13H20F2NOSi.2C5H5.Ti/c2*1-17-8-7-16(18(2,3)4)10-11-5-6-12(14)9-13(11)15;2*1-2-4-5-3-1;/h2*5-6H,7-8,10H2,1-4H3;2*1-5H;/q4*-1;+4. The van der Waals surface area contributed by atoms with Crippen molar-refractivity contribution in [3.8, 4) is 0 Å². The second-order valence-corrected chi connectivity index (χ2v) is 22.3. The number of methoxy groups -OCH3 is 2. The Bertz CT molecular complexity index is 1180. The van der Waals surface area contributed by atoms with E-state index >= 15 is 0 Å². The fourth-order valence-corrected chi connectivity index (χ4v) is 6.76. The van der Waals surface area contributed by atoms with Gasteiger partial charge in [0.25, 0.3) is 0 Å². The van der Waals surface area contributed by atoms with Gasteiger partial charge in [0.15, 0.2) is 0 Å². The molecule has 0 spiro atoms. The molecule has 0 aliphatic carbocycles. The molecule has 0 saturated carbocycles. The minimum Gasteiger partial charge on any atom is -0.383 e. The van der Waals surface area contributed by atoms with Crippen molar-refractivity contribution in [2.75, 3.05) is 40.5 Å². The Morgan fingerprint density at radius 2 is 0.915 bits per heavy atom. The molecule has 47 heavy (non-hydrogen) atoms. The van der Waals surface area contributed by atoms with E-state index in [1.165, 1.54) is 24.3 Å². The van der Waals surface area contributed by atoms with Gasteiger partial charge in [-0.3, -0.25) is 0 Å². The van der Waals surface area contributed by atoms with Crippen molar-refractivity contribution in [2.45, 2.75) is 52.4 Å². The Labute approximate surface area is 297 Å². The van der Waals surface area contributed by atoms with Crippen molar-refractivity contribution >= 4 is 16.5 Å². The van der Waals surface area contributed by atoms with Crippen LogP contribution in [0.25, 0.3) is 0 Å². The summed E-state index contributed by atoms with van der Waals surface area (Å²) in [5.41, 5.74) is 0.963. The Kier molecular flexibility index (Phi) is 23.0. The van der Waals surface area contributed by atoms with Crippen molar-refractivity contribution in [3.05, 3.63) is 131 Å². The van der Waals surface area contributed by atoms with Crippen LogP contribution in [0.1, 0.15) is 11.1 Å². The van der Waals surface area contributed by atoms with E-state index in [2.05, 4.69) is 60.5 Å². The first kappa shape index (κ1) is 44.8. The molecule has 4 aromatic carbocycles. The van der Waals surface area contributed by atoms with Gasteiger partial charge in [0, 0.05) is 50.6 Å². The van der Waals surface area contributed by atoms with Gasteiger partial charge in [0.1, 0.15) is 16.5 Å². The maximum Gasteiger partial charge on any atom is 4.00 e. The van der Waals surface area contributed by atoms with Crippen LogP contribution in [-0.2, 0) is 44.3 Å². The first-order valence-corrected chi connectivity index (χ1v) is 22.1.